The van der Waals surface area contributed by atoms with Crippen molar-refractivity contribution < 1.29 is 0 Å². The minimum Gasteiger partial charge on any atom is -0.326 e. The summed E-state index contributed by atoms with van der Waals surface area (Å²) < 4.78 is 0. The van der Waals surface area contributed by atoms with E-state index in [4.69, 9.17) is 5.73 Å². The van der Waals surface area contributed by atoms with E-state index in [0.29, 0.717) is 12.1 Å². The van der Waals surface area contributed by atoms with Gasteiger partial charge < -0.3 is 5.73 Å². The van der Waals surface area contributed by atoms with Crippen molar-refractivity contribution in [1.29, 1.82) is 0 Å². The van der Waals surface area contributed by atoms with E-state index in [9.17, 15) is 0 Å². The van der Waals surface area contributed by atoms with Crippen LogP contribution in [0.4, 0.5) is 0 Å². The Morgan fingerprint density at radius 2 is 2.30 bits per heavy atom. The van der Waals surface area contributed by atoms with Gasteiger partial charge in [-0.2, -0.15) is 0 Å². The zero-order valence-corrected chi connectivity index (χ0v) is 7.01. The monoisotopic (exact) mass is 142 g/mol. The highest BCUT2D eigenvalue weighted by molar-refractivity contribution is 4.85. The van der Waals surface area contributed by atoms with Crippen LogP contribution in [0, 0.1) is 0 Å². The summed E-state index contributed by atoms with van der Waals surface area (Å²) in [5.41, 5.74) is 5.86. The van der Waals surface area contributed by atoms with E-state index >= 15 is 0 Å². The lowest BCUT2D eigenvalue weighted by molar-refractivity contribution is 0.261. The van der Waals surface area contributed by atoms with Gasteiger partial charge in [-0.25, -0.2) is 0 Å². The van der Waals surface area contributed by atoms with Gasteiger partial charge in [-0.15, -0.1) is 0 Å². The fraction of sp³-hybridized carbons (Fsp3) is 1.00. The molecule has 10 heavy (non-hydrogen) atoms. The summed E-state index contributed by atoms with van der Waals surface area (Å²) in [4.78, 5) is 2.48. The lowest BCUT2D eigenvalue weighted by Crippen LogP contribution is -2.37. The lowest BCUT2D eigenvalue weighted by Gasteiger charge is -2.21. The zero-order valence-electron chi connectivity index (χ0n) is 7.01. The van der Waals surface area contributed by atoms with E-state index in [1.165, 1.54) is 25.9 Å². The van der Waals surface area contributed by atoms with Gasteiger partial charge in [0.05, 0.1) is 0 Å². The van der Waals surface area contributed by atoms with Crippen LogP contribution in [0.1, 0.15) is 26.7 Å². The molecule has 1 aliphatic heterocycles. The molecular weight excluding hydrogens is 124 g/mol. The summed E-state index contributed by atoms with van der Waals surface area (Å²) in [6.45, 7) is 6.87. The second kappa shape index (κ2) is 3.35. The second-order valence-electron chi connectivity index (χ2n) is 3.23. The van der Waals surface area contributed by atoms with Gasteiger partial charge in [-0.3, -0.25) is 4.90 Å². The highest BCUT2D eigenvalue weighted by Crippen LogP contribution is 2.15. The van der Waals surface area contributed by atoms with Gasteiger partial charge in [0.15, 0.2) is 0 Å². The van der Waals surface area contributed by atoms with Gasteiger partial charge in [0.2, 0.25) is 0 Å². The zero-order chi connectivity index (χ0) is 7.56. The van der Waals surface area contributed by atoms with E-state index in [1.54, 1.807) is 0 Å². The molecule has 2 atom stereocenters. The van der Waals surface area contributed by atoms with Gasteiger partial charge in [0.25, 0.3) is 0 Å². The molecule has 0 radical (unpaired) electrons. The molecular formula is C8H18N2. The molecule has 1 heterocycles. The predicted molar refractivity (Wildman–Crippen MR) is 43.9 cm³/mol. The molecule has 1 rings (SSSR count). The van der Waals surface area contributed by atoms with E-state index in [0.717, 1.165) is 0 Å². The molecule has 0 aromatic rings. The summed E-state index contributed by atoms with van der Waals surface area (Å²) in [7, 11) is 0. The minimum atomic E-state index is 0.423. The largest absolute Gasteiger partial charge is 0.326 e. The molecule has 1 aliphatic rings. The number of likely N-dealkylation sites (tertiary alicyclic amines) is 1. The van der Waals surface area contributed by atoms with Crippen LogP contribution in [0.5, 0.6) is 0 Å². The first-order valence-electron chi connectivity index (χ1n) is 4.25. The van der Waals surface area contributed by atoms with Crippen LogP contribution in [-0.4, -0.2) is 30.1 Å². The Hall–Kier alpha value is -0.0800. The van der Waals surface area contributed by atoms with E-state index in [1.807, 2.05) is 0 Å². The summed E-state index contributed by atoms with van der Waals surface area (Å²) in [6.07, 6.45) is 2.43. The van der Waals surface area contributed by atoms with Gasteiger partial charge in [-0.1, -0.05) is 6.92 Å². The average molecular weight is 142 g/mol. The van der Waals surface area contributed by atoms with Crippen molar-refractivity contribution in [3.63, 3.8) is 0 Å². The van der Waals surface area contributed by atoms with Crippen LogP contribution in [0.3, 0.4) is 0 Å². The van der Waals surface area contributed by atoms with Gasteiger partial charge >= 0.3 is 0 Å². The molecule has 0 saturated carbocycles. The molecule has 0 aromatic carbocycles. The SMILES string of the molecule is CCCN1CCC(N)C1C. The molecule has 2 nitrogen and oxygen atoms in total. The Morgan fingerprint density at radius 3 is 2.70 bits per heavy atom. The number of rotatable bonds is 2. The van der Waals surface area contributed by atoms with Crippen molar-refractivity contribution in [1.82, 2.24) is 4.90 Å². The lowest BCUT2D eigenvalue weighted by atomic mass is 10.2. The van der Waals surface area contributed by atoms with Gasteiger partial charge in [-0.05, 0) is 26.3 Å². The maximum absolute atomic E-state index is 5.86. The molecule has 2 N–H and O–H groups in total. The Bertz CT molecular complexity index is 101. The van der Waals surface area contributed by atoms with Crippen molar-refractivity contribution in [2.75, 3.05) is 13.1 Å². The Kier molecular flexibility index (Phi) is 2.69. The van der Waals surface area contributed by atoms with Crippen LogP contribution in [0.15, 0.2) is 0 Å². The average Bonchev–Trinajstić information content (AvgIpc) is 2.20. The topological polar surface area (TPSA) is 29.3 Å². The van der Waals surface area contributed by atoms with Crippen LogP contribution in [-0.2, 0) is 0 Å². The smallest absolute Gasteiger partial charge is 0.0219 e. The molecule has 0 aliphatic carbocycles. The molecule has 0 aromatic heterocycles. The Morgan fingerprint density at radius 1 is 1.60 bits per heavy atom. The second-order valence-corrected chi connectivity index (χ2v) is 3.23. The highest BCUT2D eigenvalue weighted by Gasteiger charge is 2.26. The first-order chi connectivity index (χ1) is 4.75. The number of hydrogen-bond acceptors (Lipinski definition) is 2. The van der Waals surface area contributed by atoms with E-state index in [-0.39, 0.29) is 0 Å². The Balaban J connectivity index is 2.33. The van der Waals surface area contributed by atoms with Gasteiger partial charge in [0, 0.05) is 18.6 Å². The Labute approximate surface area is 63.4 Å². The van der Waals surface area contributed by atoms with E-state index < -0.39 is 0 Å². The molecule has 2 heteroatoms. The molecule has 0 spiro atoms. The fourth-order valence-corrected chi connectivity index (χ4v) is 1.63. The fourth-order valence-electron chi connectivity index (χ4n) is 1.63. The summed E-state index contributed by atoms with van der Waals surface area (Å²) in [6, 6.07) is 1.03. The van der Waals surface area contributed by atoms with Crippen molar-refractivity contribution in [2.45, 2.75) is 38.8 Å². The molecule has 0 amide bonds. The van der Waals surface area contributed by atoms with Crippen LogP contribution >= 0.6 is 0 Å². The normalized spacial score (nSPS) is 35.1. The first kappa shape index (κ1) is 8.02. The van der Waals surface area contributed by atoms with Crippen LogP contribution in [0.2, 0.25) is 0 Å². The maximum atomic E-state index is 5.86. The van der Waals surface area contributed by atoms with E-state index in [2.05, 4.69) is 18.7 Å². The molecule has 2 unspecified atom stereocenters. The summed E-state index contributed by atoms with van der Waals surface area (Å²) >= 11 is 0. The predicted octanol–water partition coefficient (Wildman–Crippen LogP) is 0.818. The quantitative estimate of drug-likeness (QED) is 0.618. The number of nitrogens with two attached hydrogens (primary N) is 1. The van der Waals surface area contributed by atoms with Crippen molar-refractivity contribution in [3.05, 3.63) is 0 Å². The first-order valence-corrected chi connectivity index (χ1v) is 4.25. The third-order valence-electron chi connectivity index (χ3n) is 2.46. The molecule has 1 saturated heterocycles. The third-order valence-corrected chi connectivity index (χ3v) is 2.46. The maximum Gasteiger partial charge on any atom is 0.0219 e. The highest BCUT2D eigenvalue weighted by atomic mass is 15.2. The van der Waals surface area contributed by atoms with Crippen LogP contribution < -0.4 is 5.73 Å². The van der Waals surface area contributed by atoms with Crippen molar-refractivity contribution in [2.24, 2.45) is 5.73 Å². The molecule has 0 bridgehead atoms. The van der Waals surface area contributed by atoms with Gasteiger partial charge in [0.1, 0.15) is 0 Å². The minimum absolute atomic E-state index is 0.423. The molecule has 60 valence electrons. The summed E-state index contributed by atoms with van der Waals surface area (Å²) in [5.74, 6) is 0. The molecule has 1 fully saturated rings. The van der Waals surface area contributed by atoms with Crippen molar-refractivity contribution >= 4 is 0 Å². The standard InChI is InChI=1S/C8H18N2/c1-3-5-10-6-4-8(9)7(10)2/h7-8H,3-6,9H2,1-2H3. The third kappa shape index (κ3) is 1.50. The van der Waals surface area contributed by atoms with Crippen molar-refractivity contribution in [3.8, 4) is 0 Å². The number of hydrogen-bond donors (Lipinski definition) is 1. The number of nitrogens with zero attached hydrogens (tertiary/aromatic N) is 1. The summed E-state index contributed by atoms with van der Waals surface area (Å²) in [5, 5.41) is 0. The van der Waals surface area contributed by atoms with Crippen LogP contribution in [0.25, 0.3) is 0 Å².